The molecule has 2 aromatic carbocycles. The summed E-state index contributed by atoms with van der Waals surface area (Å²) in [5.41, 5.74) is 18.1. The zero-order valence-electron chi connectivity index (χ0n) is 18.2. The third kappa shape index (κ3) is 4.44. The maximum atomic E-state index is 12.9. The van der Waals surface area contributed by atoms with Gasteiger partial charge in [-0.25, -0.2) is 0 Å². The van der Waals surface area contributed by atoms with Crippen LogP contribution < -0.4 is 16.8 Å². The van der Waals surface area contributed by atoms with Crippen LogP contribution in [0.1, 0.15) is 39.0 Å². The van der Waals surface area contributed by atoms with Crippen LogP contribution in [-0.4, -0.2) is 47.3 Å². The van der Waals surface area contributed by atoms with E-state index < -0.39 is 0 Å². The molecule has 2 heterocycles. The number of fused-ring (bicyclic) bond motifs is 1. The molecule has 0 fully saturated rings. The Bertz CT molecular complexity index is 1120. The normalized spacial score (nSPS) is 15.6. The third-order valence-corrected chi connectivity index (χ3v) is 6.21. The van der Waals surface area contributed by atoms with Crippen molar-refractivity contribution in [1.82, 2.24) is 9.80 Å². The van der Waals surface area contributed by atoms with E-state index in [9.17, 15) is 4.79 Å². The van der Waals surface area contributed by atoms with Gasteiger partial charge in [-0.3, -0.25) is 15.6 Å². The molecule has 0 unspecified atom stereocenters. The number of carbonyl (C=O) groups excluding carboxylic acids is 1. The molecular weight excluding hydrogens is 402 g/mol. The Balaban J connectivity index is 1.47. The van der Waals surface area contributed by atoms with Crippen molar-refractivity contribution in [2.24, 2.45) is 11.5 Å². The summed E-state index contributed by atoms with van der Waals surface area (Å²) in [6, 6.07) is 11.8. The molecule has 0 aromatic heterocycles. The number of anilines is 1. The molecule has 7 N–H and O–H groups in total. The summed E-state index contributed by atoms with van der Waals surface area (Å²) < 4.78 is 0. The van der Waals surface area contributed by atoms with Gasteiger partial charge in [0.25, 0.3) is 5.91 Å². The standard InChI is InChI=1S/C24H29N7O/c1-15-12-18(17-6-9-30(10-7-17)23(25)26)3-5-21(15)22(32)29-20-4-2-16-8-11-31(24(27)28)14-19(16)13-20/h2-6,12-13H,7-11,14H2,1H3,(H3,25,26)(H3,27,28)(H,29,32). The number of aryl methyl sites for hydroxylation is 1. The van der Waals surface area contributed by atoms with E-state index in [2.05, 4.69) is 11.4 Å². The van der Waals surface area contributed by atoms with E-state index in [1.807, 2.05) is 53.1 Å². The van der Waals surface area contributed by atoms with Crippen LogP contribution in [0.3, 0.4) is 0 Å². The van der Waals surface area contributed by atoms with Gasteiger partial charge >= 0.3 is 0 Å². The molecule has 1 amide bonds. The van der Waals surface area contributed by atoms with Gasteiger partial charge in [-0.15, -0.1) is 0 Å². The number of nitrogens with one attached hydrogen (secondary N) is 3. The first-order chi connectivity index (χ1) is 15.3. The van der Waals surface area contributed by atoms with Gasteiger partial charge in [0.1, 0.15) is 0 Å². The summed E-state index contributed by atoms with van der Waals surface area (Å²) in [6.45, 7) is 4.62. The average Bonchev–Trinajstić information content (AvgIpc) is 2.78. The van der Waals surface area contributed by atoms with Crippen molar-refractivity contribution in [1.29, 1.82) is 10.8 Å². The van der Waals surface area contributed by atoms with Crippen LogP contribution in [0, 0.1) is 17.7 Å². The van der Waals surface area contributed by atoms with Gasteiger partial charge < -0.3 is 26.6 Å². The Morgan fingerprint density at radius 2 is 1.72 bits per heavy atom. The van der Waals surface area contributed by atoms with Crippen molar-refractivity contribution in [3.05, 3.63) is 70.3 Å². The smallest absolute Gasteiger partial charge is 0.255 e. The Kier molecular flexibility index (Phi) is 5.85. The average molecular weight is 432 g/mol. The van der Waals surface area contributed by atoms with Crippen molar-refractivity contribution >= 4 is 29.1 Å². The minimum Gasteiger partial charge on any atom is -0.370 e. The van der Waals surface area contributed by atoms with Gasteiger partial charge in [-0.2, -0.15) is 0 Å². The molecule has 0 aliphatic carbocycles. The van der Waals surface area contributed by atoms with Crippen LogP contribution in [0.25, 0.3) is 5.57 Å². The van der Waals surface area contributed by atoms with E-state index >= 15 is 0 Å². The molecule has 0 atom stereocenters. The van der Waals surface area contributed by atoms with E-state index in [4.69, 9.17) is 22.3 Å². The molecule has 8 nitrogen and oxygen atoms in total. The zero-order valence-corrected chi connectivity index (χ0v) is 18.2. The molecule has 2 aliphatic heterocycles. The van der Waals surface area contributed by atoms with Crippen LogP contribution in [0.4, 0.5) is 5.69 Å². The Hall–Kier alpha value is -3.81. The fourth-order valence-electron chi connectivity index (χ4n) is 4.31. The minimum absolute atomic E-state index is 0.0721. The number of carbonyl (C=O) groups is 1. The molecular formula is C24H29N7O. The fraction of sp³-hybridized carbons (Fsp3) is 0.292. The SMILES string of the molecule is Cc1cc(C2=CCN(C(=N)N)CC2)ccc1C(=O)Nc1ccc2c(c1)CN(C(=N)N)CC2. The molecule has 2 aromatic rings. The van der Waals surface area contributed by atoms with Crippen LogP contribution in [-0.2, 0) is 13.0 Å². The van der Waals surface area contributed by atoms with Gasteiger partial charge in [-0.05, 0) is 65.8 Å². The predicted molar refractivity (Wildman–Crippen MR) is 128 cm³/mol. The van der Waals surface area contributed by atoms with Crippen LogP contribution in [0.2, 0.25) is 0 Å². The number of guanidine groups is 2. The van der Waals surface area contributed by atoms with E-state index in [0.717, 1.165) is 48.3 Å². The van der Waals surface area contributed by atoms with Crippen LogP contribution in [0.5, 0.6) is 0 Å². The Morgan fingerprint density at radius 3 is 2.38 bits per heavy atom. The summed E-state index contributed by atoms with van der Waals surface area (Å²) in [5.74, 6) is 0.0242. The molecule has 0 spiro atoms. The second-order valence-electron chi connectivity index (χ2n) is 8.33. The first kappa shape index (κ1) is 21.4. The largest absolute Gasteiger partial charge is 0.370 e. The second kappa shape index (κ2) is 8.74. The number of rotatable bonds is 3. The highest BCUT2D eigenvalue weighted by atomic mass is 16.1. The van der Waals surface area contributed by atoms with Gasteiger partial charge in [0.2, 0.25) is 0 Å². The van der Waals surface area contributed by atoms with Crippen molar-refractivity contribution in [3.8, 4) is 0 Å². The highest BCUT2D eigenvalue weighted by molar-refractivity contribution is 6.05. The van der Waals surface area contributed by atoms with Gasteiger partial charge in [-0.1, -0.05) is 24.3 Å². The Morgan fingerprint density at radius 1 is 0.969 bits per heavy atom. The maximum Gasteiger partial charge on any atom is 0.255 e. The molecule has 0 saturated carbocycles. The van der Waals surface area contributed by atoms with Gasteiger partial charge in [0.05, 0.1) is 0 Å². The number of hydrogen-bond acceptors (Lipinski definition) is 3. The topological polar surface area (TPSA) is 135 Å². The summed E-state index contributed by atoms with van der Waals surface area (Å²) in [6.07, 6.45) is 3.75. The molecule has 32 heavy (non-hydrogen) atoms. The molecule has 0 saturated heterocycles. The molecule has 2 aliphatic rings. The highest BCUT2D eigenvalue weighted by Gasteiger charge is 2.19. The van der Waals surface area contributed by atoms with E-state index in [1.165, 1.54) is 11.1 Å². The van der Waals surface area contributed by atoms with E-state index in [-0.39, 0.29) is 17.8 Å². The second-order valence-corrected chi connectivity index (χ2v) is 8.33. The summed E-state index contributed by atoms with van der Waals surface area (Å²) >= 11 is 0. The lowest BCUT2D eigenvalue weighted by Crippen LogP contribution is -2.40. The monoisotopic (exact) mass is 431 g/mol. The molecule has 166 valence electrons. The highest BCUT2D eigenvalue weighted by Crippen LogP contribution is 2.26. The molecule has 0 radical (unpaired) electrons. The third-order valence-electron chi connectivity index (χ3n) is 6.21. The van der Waals surface area contributed by atoms with E-state index in [1.54, 1.807) is 0 Å². The lowest BCUT2D eigenvalue weighted by molar-refractivity contribution is 0.102. The van der Waals surface area contributed by atoms with Crippen molar-refractivity contribution < 1.29 is 4.79 Å². The number of nitrogens with zero attached hydrogens (tertiary/aromatic N) is 2. The quantitative estimate of drug-likeness (QED) is 0.376. The number of amides is 1. The van der Waals surface area contributed by atoms with Gasteiger partial charge in [0.15, 0.2) is 11.9 Å². The first-order valence-corrected chi connectivity index (χ1v) is 10.7. The van der Waals surface area contributed by atoms with Crippen molar-refractivity contribution in [3.63, 3.8) is 0 Å². The van der Waals surface area contributed by atoms with E-state index in [0.29, 0.717) is 18.7 Å². The van der Waals surface area contributed by atoms with Crippen LogP contribution >= 0.6 is 0 Å². The Labute approximate surface area is 187 Å². The number of hydrogen-bond donors (Lipinski definition) is 5. The van der Waals surface area contributed by atoms with Crippen molar-refractivity contribution in [2.75, 3.05) is 25.0 Å². The lowest BCUT2D eigenvalue weighted by Gasteiger charge is -2.29. The zero-order chi connectivity index (χ0) is 22.8. The maximum absolute atomic E-state index is 12.9. The van der Waals surface area contributed by atoms with Crippen molar-refractivity contribution in [2.45, 2.75) is 26.3 Å². The number of nitrogens with two attached hydrogens (primary N) is 2. The van der Waals surface area contributed by atoms with Crippen LogP contribution in [0.15, 0.2) is 42.5 Å². The molecule has 4 rings (SSSR count). The van der Waals surface area contributed by atoms with Gasteiger partial charge in [0, 0.05) is 37.4 Å². The summed E-state index contributed by atoms with van der Waals surface area (Å²) in [7, 11) is 0. The number of benzene rings is 2. The fourth-order valence-corrected chi connectivity index (χ4v) is 4.31. The molecule has 8 heteroatoms. The minimum atomic E-state index is -0.145. The predicted octanol–water partition coefficient (Wildman–Crippen LogP) is 2.48. The summed E-state index contributed by atoms with van der Waals surface area (Å²) in [5, 5.41) is 18.2. The lowest BCUT2D eigenvalue weighted by atomic mass is 9.95. The molecule has 0 bridgehead atoms. The summed E-state index contributed by atoms with van der Waals surface area (Å²) in [4.78, 5) is 16.6. The first-order valence-electron chi connectivity index (χ1n) is 10.7.